The van der Waals surface area contributed by atoms with Gasteiger partial charge in [0.25, 0.3) is 5.56 Å². The van der Waals surface area contributed by atoms with Crippen LogP contribution in [0.5, 0.6) is 0 Å². The second-order valence-electron chi connectivity index (χ2n) is 7.88. The van der Waals surface area contributed by atoms with Crippen LogP contribution < -0.4 is 16.6 Å². The van der Waals surface area contributed by atoms with Crippen molar-refractivity contribution in [2.24, 2.45) is 13.0 Å². The zero-order chi connectivity index (χ0) is 22.2. The van der Waals surface area contributed by atoms with E-state index in [0.717, 1.165) is 16.3 Å². The van der Waals surface area contributed by atoms with E-state index in [9.17, 15) is 22.8 Å². The molecular formula is C18H25N5O5S2. The third-order valence-corrected chi connectivity index (χ3v) is 7.49. The highest BCUT2D eigenvalue weighted by atomic mass is 32.2. The lowest BCUT2D eigenvalue weighted by Crippen LogP contribution is -2.40. The van der Waals surface area contributed by atoms with Crippen LogP contribution in [0.15, 0.2) is 14.6 Å². The molecule has 0 saturated carbocycles. The average molecular weight is 456 g/mol. The fourth-order valence-corrected chi connectivity index (χ4v) is 5.93. The van der Waals surface area contributed by atoms with E-state index in [1.807, 2.05) is 13.8 Å². The van der Waals surface area contributed by atoms with Crippen molar-refractivity contribution in [3.8, 4) is 0 Å². The maximum atomic E-state index is 12.8. The number of sulfone groups is 1. The van der Waals surface area contributed by atoms with E-state index in [4.69, 9.17) is 0 Å². The molecule has 1 aliphatic rings. The van der Waals surface area contributed by atoms with E-state index in [-0.39, 0.29) is 40.1 Å². The summed E-state index contributed by atoms with van der Waals surface area (Å²) < 4.78 is 25.6. The summed E-state index contributed by atoms with van der Waals surface area (Å²) in [7, 11) is -1.69. The molecule has 0 spiro atoms. The smallest absolute Gasteiger partial charge is 0.332 e. The lowest BCUT2D eigenvalue weighted by atomic mass is 10.2. The number of fused-ring (bicyclic) bond motifs is 1. The molecule has 0 radical (unpaired) electrons. The van der Waals surface area contributed by atoms with E-state index >= 15 is 0 Å². The summed E-state index contributed by atoms with van der Waals surface area (Å²) in [6.07, 6.45) is 0.399. The molecule has 3 heterocycles. The first-order valence-corrected chi connectivity index (χ1v) is 12.4. The first-order valence-electron chi connectivity index (χ1n) is 9.59. The number of carbonyl (C=O) groups is 1. The van der Waals surface area contributed by atoms with Crippen molar-refractivity contribution in [1.29, 1.82) is 0 Å². The molecule has 0 aliphatic carbocycles. The summed E-state index contributed by atoms with van der Waals surface area (Å²) in [6, 6.07) is -0.393. The van der Waals surface area contributed by atoms with Gasteiger partial charge in [0.2, 0.25) is 5.91 Å². The van der Waals surface area contributed by atoms with Crippen LogP contribution in [0.1, 0.15) is 26.1 Å². The van der Waals surface area contributed by atoms with Crippen molar-refractivity contribution in [2.45, 2.75) is 44.8 Å². The van der Waals surface area contributed by atoms with Gasteiger partial charge in [-0.2, -0.15) is 0 Å². The third-order valence-electron chi connectivity index (χ3n) is 4.75. The number of nitrogens with zero attached hydrogens (tertiary/aromatic N) is 4. The van der Waals surface area contributed by atoms with Crippen LogP contribution in [0.3, 0.4) is 0 Å². The number of hydrogen-bond acceptors (Lipinski definition) is 8. The summed E-state index contributed by atoms with van der Waals surface area (Å²) in [5, 5.41) is 3.24. The Kier molecular flexibility index (Phi) is 6.37. The number of hydrogen-bond donors (Lipinski definition) is 1. The van der Waals surface area contributed by atoms with Gasteiger partial charge in [0.05, 0.1) is 17.3 Å². The standard InChI is InChI=1S/C18H25N5O5S2/c1-10(2)7-23-15-14(17(25)22(4)18(23)26)16(20-11(3)19-15)29-8-13(24)21-12-5-6-30(27,28)9-12/h10,12H,5-9H2,1-4H3,(H,21,24)/t12-/m0/s1. The van der Waals surface area contributed by atoms with Crippen LogP contribution in [0, 0.1) is 12.8 Å². The maximum Gasteiger partial charge on any atom is 0.332 e. The minimum absolute atomic E-state index is 0.0332. The minimum Gasteiger partial charge on any atom is -0.352 e. The number of rotatable bonds is 6. The van der Waals surface area contributed by atoms with E-state index in [0.29, 0.717) is 23.8 Å². The Bertz CT molecular complexity index is 1220. The molecule has 30 heavy (non-hydrogen) atoms. The molecule has 2 aromatic heterocycles. The van der Waals surface area contributed by atoms with Crippen LogP contribution in [0.2, 0.25) is 0 Å². The Morgan fingerprint density at radius 1 is 1.30 bits per heavy atom. The Hall–Kier alpha value is -2.21. The Balaban J connectivity index is 1.92. The normalized spacial score (nSPS) is 18.2. The lowest BCUT2D eigenvalue weighted by Gasteiger charge is -2.15. The molecule has 10 nitrogen and oxygen atoms in total. The molecular weight excluding hydrogens is 430 g/mol. The van der Waals surface area contributed by atoms with Crippen LogP contribution in [0.25, 0.3) is 11.0 Å². The second kappa shape index (κ2) is 8.50. The summed E-state index contributed by atoms with van der Waals surface area (Å²) in [4.78, 5) is 46.4. The number of thioether (sulfide) groups is 1. The van der Waals surface area contributed by atoms with Gasteiger partial charge in [-0.3, -0.25) is 18.7 Å². The molecule has 2 aromatic rings. The predicted molar refractivity (Wildman–Crippen MR) is 115 cm³/mol. The molecule has 0 unspecified atom stereocenters. The van der Waals surface area contributed by atoms with Gasteiger partial charge in [0.15, 0.2) is 15.5 Å². The molecule has 1 aliphatic heterocycles. The number of aromatic nitrogens is 4. The first kappa shape index (κ1) is 22.5. The van der Waals surface area contributed by atoms with Gasteiger partial charge in [-0.05, 0) is 19.3 Å². The van der Waals surface area contributed by atoms with Gasteiger partial charge in [0.1, 0.15) is 16.2 Å². The highest BCUT2D eigenvalue weighted by molar-refractivity contribution is 8.00. The van der Waals surface area contributed by atoms with Gasteiger partial charge >= 0.3 is 5.69 Å². The summed E-state index contributed by atoms with van der Waals surface area (Å²) in [6.45, 7) is 5.97. The van der Waals surface area contributed by atoms with Crippen molar-refractivity contribution < 1.29 is 13.2 Å². The summed E-state index contributed by atoms with van der Waals surface area (Å²) >= 11 is 1.07. The van der Waals surface area contributed by atoms with Crippen molar-refractivity contribution >= 4 is 38.5 Å². The second-order valence-corrected chi connectivity index (χ2v) is 11.1. The molecule has 1 amide bonds. The lowest BCUT2D eigenvalue weighted by molar-refractivity contribution is -0.119. The monoisotopic (exact) mass is 455 g/mol. The molecule has 3 rings (SSSR count). The van der Waals surface area contributed by atoms with E-state index in [2.05, 4.69) is 15.3 Å². The molecule has 1 saturated heterocycles. The summed E-state index contributed by atoms with van der Waals surface area (Å²) in [5.74, 6) is 0.194. The SMILES string of the molecule is Cc1nc(SCC(=O)N[C@H]2CCS(=O)(=O)C2)c2c(=O)n(C)c(=O)n(CC(C)C)c2n1. The van der Waals surface area contributed by atoms with Crippen LogP contribution in [-0.2, 0) is 28.2 Å². The zero-order valence-corrected chi connectivity index (χ0v) is 19.0. The number of aryl methyl sites for hydroxylation is 1. The van der Waals surface area contributed by atoms with Crippen LogP contribution in [-0.4, -0.2) is 56.7 Å². The predicted octanol–water partition coefficient (Wildman–Crippen LogP) is -0.150. The molecule has 0 aromatic carbocycles. The molecule has 164 valence electrons. The highest BCUT2D eigenvalue weighted by Gasteiger charge is 2.29. The average Bonchev–Trinajstić information content (AvgIpc) is 2.99. The quantitative estimate of drug-likeness (QED) is 0.470. The first-order chi connectivity index (χ1) is 14.0. The van der Waals surface area contributed by atoms with Crippen LogP contribution >= 0.6 is 11.8 Å². The largest absolute Gasteiger partial charge is 0.352 e. The third kappa shape index (κ3) is 4.75. The molecule has 1 fully saturated rings. The van der Waals surface area contributed by atoms with Crippen molar-refractivity contribution in [2.75, 3.05) is 17.3 Å². The van der Waals surface area contributed by atoms with Gasteiger partial charge < -0.3 is 5.32 Å². The zero-order valence-electron chi connectivity index (χ0n) is 17.3. The van der Waals surface area contributed by atoms with Gasteiger partial charge in [-0.15, -0.1) is 0 Å². The minimum atomic E-state index is -3.09. The molecule has 0 bridgehead atoms. The van der Waals surface area contributed by atoms with Crippen molar-refractivity contribution in [3.05, 3.63) is 26.7 Å². The Labute approximate surface area is 178 Å². The van der Waals surface area contributed by atoms with Crippen LogP contribution in [0.4, 0.5) is 0 Å². The number of carbonyl (C=O) groups excluding carboxylic acids is 1. The highest BCUT2D eigenvalue weighted by Crippen LogP contribution is 2.23. The molecule has 12 heteroatoms. The molecule has 1 N–H and O–H groups in total. The number of amides is 1. The Morgan fingerprint density at radius 3 is 2.60 bits per heavy atom. The van der Waals surface area contributed by atoms with E-state index < -0.39 is 27.1 Å². The maximum absolute atomic E-state index is 12.8. The fourth-order valence-electron chi connectivity index (χ4n) is 3.39. The fraction of sp³-hybridized carbons (Fsp3) is 0.611. The Morgan fingerprint density at radius 2 is 2.00 bits per heavy atom. The molecule has 1 atom stereocenters. The topological polar surface area (TPSA) is 133 Å². The summed E-state index contributed by atoms with van der Waals surface area (Å²) in [5.41, 5.74) is -0.704. The van der Waals surface area contributed by atoms with Gasteiger partial charge in [-0.25, -0.2) is 23.2 Å². The number of nitrogens with one attached hydrogen (secondary N) is 1. The van der Waals surface area contributed by atoms with Gasteiger partial charge in [-0.1, -0.05) is 25.6 Å². The van der Waals surface area contributed by atoms with Crippen molar-refractivity contribution in [1.82, 2.24) is 24.4 Å². The van der Waals surface area contributed by atoms with Crippen molar-refractivity contribution in [3.63, 3.8) is 0 Å². The van der Waals surface area contributed by atoms with Gasteiger partial charge in [0, 0.05) is 19.6 Å². The van der Waals surface area contributed by atoms with E-state index in [1.54, 1.807) is 6.92 Å². The van der Waals surface area contributed by atoms with E-state index in [1.165, 1.54) is 11.6 Å².